The summed E-state index contributed by atoms with van der Waals surface area (Å²) in [4.78, 5) is 34.6. The highest BCUT2D eigenvalue weighted by Gasteiger charge is 2.08. The molecule has 136 valence electrons. The normalized spacial score (nSPS) is 10.3. The Morgan fingerprint density at radius 3 is 1.92 bits per heavy atom. The number of benzene rings is 2. The number of carbonyl (C=O) groups excluding carboxylic acids is 3. The van der Waals surface area contributed by atoms with Gasteiger partial charge in [-0.25, -0.2) is 4.79 Å². The Hall–Kier alpha value is -3.35. The maximum absolute atomic E-state index is 12.3. The second-order valence-electron chi connectivity index (χ2n) is 6.09. The van der Waals surface area contributed by atoms with Gasteiger partial charge in [0, 0.05) is 29.4 Å². The Bertz CT molecular complexity index is 783. The van der Waals surface area contributed by atoms with Crippen molar-refractivity contribution in [2.75, 3.05) is 10.6 Å². The van der Waals surface area contributed by atoms with E-state index in [9.17, 15) is 14.4 Å². The number of anilines is 2. The van der Waals surface area contributed by atoms with Crippen molar-refractivity contribution in [3.05, 3.63) is 59.7 Å². The molecule has 0 aliphatic rings. The molecule has 0 saturated carbocycles. The van der Waals surface area contributed by atoms with Gasteiger partial charge in [0.05, 0.1) is 0 Å². The summed E-state index contributed by atoms with van der Waals surface area (Å²) in [6, 6.07) is 13.1. The van der Waals surface area contributed by atoms with Gasteiger partial charge in [0.2, 0.25) is 5.91 Å². The van der Waals surface area contributed by atoms with Gasteiger partial charge in [0.25, 0.3) is 5.91 Å². The fourth-order valence-electron chi connectivity index (χ4n) is 2.09. The molecule has 7 nitrogen and oxygen atoms in total. The predicted molar refractivity (Wildman–Crippen MR) is 101 cm³/mol. The summed E-state index contributed by atoms with van der Waals surface area (Å²) in [6.45, 7) is 3.94. The van der Waals surface area contributed by atoms with Crippen molar-refractivity contribution in [3.8, 4) is 0 Å². The smallest absolute Gasteiger partial charge is 0.312 e. The van der Waals surface area contributed by atoms with Gasteiger partial charge in [0.1, 0.15) is 0 Å². The average Bonchev–Trinajstić information content (AvgIpc) is 2.61. The molecule has 2 aromatic rings. The standard InChI is InChI=1S/C19H22N4O3/c1-12(2)17(24)22-15-7-9-16(10-8-15)23-18(25)14-5-3-13(4-6-14)11-21-19(20)26/h3-10,12H,11H2,1-2H3,(H,22,24)(H,23,25)(H3,20,21,26). The van der Waals surface area contributed by atoms with Gasteiger partial charge in [0.15, 0.2) is 0 Å². The zero-order valence-electron chi connectivity index (χ0n) is 14.7. The Morgan fingerprint density at radius 1 is 0.885 bits per heavy atom. The molecule has 0 fully saturated rings. The van der Waals surface area contributed by atoms with E-state index in [-0.39, 0.29) is 17.7 Å². The Balaban J connectivity index is 1.94. The molecule has 0 aliphatic carbocycles. The van der Waals surface area contributed by atoms with Crippen LogP contribution in [0.15, 0.2) is 48.5 Å². The summed E-state index contributed by atoms with van der Waals surface area (Å²) in [6.07, 6.45) is 0. The molecule has 0 radical (unpaired) electrons. The van der Waals surface area contributed by atoms with Gasteiger partial charge < -0.3 is 21.7 Å². The zero-order valence-corrected chi connectivity index (χ0v) is 14.7. The van der Waals surface area contributed by atoms with Crippen LogP contribution in [0.1, 0.15) is 29.8 Å². The Kier molecular flexibility index (Phi) is 6.32. The molecule has 0 saturated heterocycles. The quantitative estimate of drug-likeness (QED) is 0.639. The summed E-state index contributed by atoms with van der Waals surface area (Å²) in [7, 11) is 0. The van der Waals surface area contributed by atoms with Crippen LogP contribution in [0.3, 0.4) is 0 Å². The van der Waals surface area contributed by atoms with Crippen molar-refractivity contribution in [2.24, 2.45) is 11.7 Å². The van der Waals surface area contributed by atoms with Crippen molar-refractivity contribution >= 4 is 29.2 Å². The van der Waals surface area contributed by atoms with E-state index in [0.29, 0.717) is 23.5 Å². The van der Waals surface area contributed by atoms with Crippen LogP contribution in [0.4, 0.5) is 16.2 Å². The van der Waals surface area contributed by atoms with E-state index in [2.05, 4.69) is 16.0 Å². The lowest BCUT2D eigenvalue weighted by Crippen LogP contribution is -2.28. The first-order valence-corrected chi connectivity index (χ1v) is 8.19. The molecule has 2 aromatic carbocycles. The minimum atomic E-state index is -0.597. The molecule has 0 aliphatic heterocycles. The molecular weight excluding hydrogens is 332 g/mol. The van der Waals surface area contributed by atoms with Crippen molar-refractivity contribution < 1.29 is 14.4 Å². The fraction of sp³-hybridized carbons (Fsp3) is 0.211. The number of nitrogens with one attached hydrogen (secondary N) is 3. The van der Waals surface area contributed by atoms with Crippen LogP contribution in [0.25, 0.3) is 0 Å². The monoisotopic (exact) mass is 354 g/mol. The minimum absolute atomic E-state index is 0.0623. The van der Waals surface area contributed by atoms with Gasteiger partial charge in [-0.1, -0.05) is 26.0 Å². The van der Waals surface area contributed by atoms with E-state index in [1.165, 1.54) is 0 Å². The molecule has 0 unspecified atom stereocenters. The van der Waals surface area contributed by atoms with Crippen LogP contribution in [-0.4, -0.2) is 17.8 Å². The number of amides is 4. The van der Waals surface area contributed by atoms with Gasteiger partial charge >= 0.3 is 6.03 Å². The van der Waals surface area contributed by atoms with Gasteiger partial charge in [-0.05, 0) is 42.0 Å². The third-order valence-corrected chi connectivity index (χ3v) is 3.62. The summed E-state index contributed by atoms with van der Waals surface area (Å²) in [5.41, 5.74) is 7.64. The Labute approximate surface area is 152 Å². The van der Waals surface area contributed by atoms with Crippen molar-refractivity contribution in [2.45, 2.75) is 20.4 Å². The van der Waals surface area contributed by atoms with E-state index in [1.807, 2.05) is 13.8 Å². The second-order valence-corrected chi connectivity index (χ2v) is 6.09. The number of rotatable bonds is 6. The number of urea groups is 1. The largest absolute Gasteiger partial charge is 0.352 e. The second kappa shape index (κ2) is 8.66. The van der Waals surface area contributed by atoms with Crippen LogP contribution in [-0.2, 0) is 11.3 Å². The molecule has 0 bridgehead atoms. The lowest BCUT2D eigenvalue weighted by molar-refractivity contribution is -0.118. The van der Waals surface area contributed by atoms with E-state index >= 15 is 0 Å². The van der Waals surface area contributed by atoms with Crippen molar-refractivity contribution in [3.63, 3.8) is 0 Å². The van der Waals surface area contributed by atoms with Crippen LogP contribution in [0.5, 0.6) is 0 Å². The molecule has 0 heterocycles. The number of nitrogens with two attached hydrogens (primary N) is 1. The molecule has 0 spiro atoms. The zero-order chi connectivity index (χ0) is 19.1. The highest BCUT2D eigenvalue weighted by atomic mass is 16.2. The van der Waals surface area contributed by atoms with E-state index < -0.39 is 6.03 Å². The van der Waals surface area contributed by atoms with Crippen molar-refractivity contribution in [1.82, 2.24) is 5.32 Å². The van der Waals surface area contributed by atoms with Crippen LogP contribution < -0.4 is 21.7 Å². The lowest BCUT2D eigenvalue weighted by atomic mass is 10.1. The first kappa shape index (κ1) is 19.0. The van der Waals surface area contributed by atoms with E-state index in [0.717, 1.165) is 5.56 Å². The molecule has 2 rings (SSSR count). The third-order valence-electron chi connectivity index (χ3n) is 3.62. The third kappa shape index (κ3) is 5.62. The topological polar surface area (TPSA) is 113 Å². The van der Waals surface area contributed by atoms with Crippen LogP contribution in [0.2, 0.25) is 0 Å². The first-order valence-electron chi connectivity index (χ1n) is 8.19. The lowest BCUT2D eigenvalue weighted by Gasteiger charge is -2.10. The molecule has 4 amide bonds. The first-order chi connectivity index (χ1) is 12.3. The van der Waals surface area contributed by atoms with Gasteiger partial charge in [-0.2, -0.15) is 0 Å². The number of carbonyl (C=O) groups is 3. The maximum atomic E-state index is 12.3. The molecular formula is C19H22N4O3. The maximum Gasteiger partial charge on any atom is 0.312 e. The van der Waals surface area contributed by atoms with Gasteiger partial charge in [-0.15, -0.1) is 0 Å². The SMILES string of the molecule is CC(C)C(=O)Nc1ccc(NC(=O)c2ccc(CNC(N)=O)cc2)cc1. The summed E-state index contributed by atoms with van der Waals surface area (Å²) in [5.74, 6) is -0.415. The van der Waals surface area contributed by atoms with E-state index in [1.54, 1.807) is 48.5 Å². The molecule has 5 N–H and O–H groups in total. The Morgan fingerprint density at radius 2 is 1.42 bits per heavy atom. The highest BCUT2D eigenvalue weighted by Crippen LogP contribution is 2.16. The van der Waals surface area contributed by atoms with Crippen LogP contribution in [0, 0.1) is 5.92 Å². The van der Waals surface area contributed by atoms with Gasteiger partial charge in [-0.3, -0.25) is 9.59 Å². The van der Waals surface area contributed by atoms with Crippen LogP contribution >= 0.6 is 0 Å². The van der Waals surface area contributed by atoms with E-state index in [4.69, 9.17) is 5.73 Å². The average molecular weight is 354 g/mol. The predicted octanol–water partition coefficient (Wildman–Crippen LogP) is 2.70. The summed E-state index contributed by atoms with van der Waals surface area (Å²) < 4.78 is 0. The summed E-state index contributed by atoms with van der Waals surface area (Å²) in [5, 5.41) is 8.06. The number of hydrogen-bond donors (Lipinski definition) is 4. The minimum Gasteiger partial charge on any atom is -0.352 e. The molecule has 7 heteroatoms. The summed E-state index contributed by atoms with van der Waals surface area (Å²) >= 11 is 0. The number of hydrogen-bond acceptors (Lipinski definition) is 3. The highest BCUT2D eigenvalue weighted by molar-refractivity contribution is 6.04. The molecule has 0 aromatic heterocycles. The van der Waals surface area contributed by atoms with Crippen molar-refractivity contribution in [1.29, 1.82) is 0 Å². The molecule has 0 atom stereocenters. The fourth-order valence-corrected chi connectivity index (χ4v) is 2.09. The molecule has 26 heavy (non-hydrogen) atoms. The number of primary amides is 1.